The summed E-state index contributed by atoms with van der Waals surface area (Å²) in [5.41, 5.74) is 4.59. The van der Waals surface area contributed by atoms with E-state index < -0.39 is 11.7 Å². The average Bonchev–Trinajstić information content (AvgIpc) is 3.13. The first kappa shape index (κ1) is 15.3. The first-order chi connectivity index (χ1) is 9.35. The summed E-state index contributed by atoms with van der Waals surface area (Å²) in [4.78, 5) is 24.9. The zero-order valence-electron chi connectivity index (χ0n) is 12.6. The molecule has 0 atom stereocenters. The van der Waals surface area contributed by atoms with Crippen LogP contribution in [0.15, 0.2) is 0 Å². The second-order valence-electron chi connectivity index (χ2n) is 6.85. The van der Waals surface area contributed by atoms with Crippen molar-refractivity contribution in [2.75, 3.05) is 19.6 Å². The highest BCUT2D eigenvalue weighted by Gasteiger charge is 2.33. The summed E-state index contributed by atoms with van der Waals surface area (Å²) in [7, 11) is 0. The predicted molar refractivity (Wildman–Crippen MR) is 76.3 cm³/mol. The van der Waals surface area contributed by atoms with E-state index in [-0.39, 0.29) is 0 Å². The number of nitrogens with zero attached hydrogens (tertiary/aromatic N) is 1. The Bertz CT molecular complexity index is 369. The Kier molecular flexibility index (Phi) is 4.68. The number of hydrogen-bond acceptors (Lipinski definition) is 4. The third kappa shape index (κ3) is 4.78. The van der Waals surface area contributed by atoms with Crippen LogP contribution < -0.4 is 5.73 Å². The van der Waals surface area contributed by atoms with Gasteiger partial charge in [-0.25, -0.2) is 4.79 Å². The SMILES string of the molecule is CC(C)(CC1CCN(CC(=O)C2CC2)CC1)OC(N)=O. The summed E-state index contributed by atoms with van der Waals surface area (Å²) in [6.07, 6.45) is 4.43. The number of amides is 1. The van der Waals surface area contributed by atoms with E-state index in [1.807, 2.05) is 13.8 Å². The highest BCUT2D eigenvalue weighted by molar-refractivity contribution is 5.84. The third-order valence-corrected chi connectivity index (χ3v) is 4.28. The Morgan fingerprint density at radius 1 is 1.20 bits per heavy atom. The summed E-state index contributed by atoms with van der Waals surface area (Å²) in [6, 6.07) is 0. The van der Waals surface area contributed by atoms with Gasteiger partial charge in [-0.1, -0.05) is 0 Å². The van der Waals surface area contributed by atoms with Crippen LogP contribution in [-0.2, 0) is 9.53 Å². The lowest BCUT2D eigenvalue weighted by atomic mass is 9.86. The number of piperidine rings is 1. The Labute approximate surface area is 120 Å². The Morgan fingerprint density at radius 3 is 2.30 bits per heavy atom. The number of primary amides is 1. The maximum absolute atomic E-state index is 11.8. The van der Waals surface area contributed by atoms with Crippen LogP contribution in [0.2, 0.25) is 0 Å². The normalized spacial score (nSPS) is 21.7. The standard InChI is InChI=1S/C15H26N2O3/c1-15(2,20-14(16)19)9-11-5-7-17(8-6-11)10-13(18)12-3-4-12/h11-12H,3-10H2,1-2H3,(H2,16,19). The Morgan fingerprint density at radius 2 is 1.80 bits per heavy atom. The van der Waals surface area contributed by atoms with Crippen LogP contribution >= 0.6 is 0 Å². The largest absolute Gasteiger partial charge is 0.444 e. The van der Waals surface area contributed by atoms with Gasteiger partial charge in [0, 0.05) is 5.92 Å². The van der Waals surface area contributed by atoms with Gasteiger partial charge in [0.05, 0.1) is 6.54 Å². The van der Waals surface area contributed by atoms with E-state index >= 15 is 0 Å². The molecule has 1 saturated heterocycles. The van der Waals surface area contributed by atoms with Gasteiger partial charge in [-0.05, 0) is 65.0 Å². The highest BCUT2D eigenvalue weighted by atomic mass is 16.6. The topological polar surface area (TPSA) is 72.6 Å². The molecule has 1 heterocycles. The van der Waals surface area contributed by atoms with Gasteiger partial charge in [-0.15, -0.1) is 0 Å². The molecule has 5 heteroatoms. The quantitative estimate of drug-likeness (QED) is 0.808. The third-order valence-electron chi connectivity index (χ3n) is 4.28. The van der Waals surface area contributed by atoms with E-state index in [0.717, 1.165) is 45.2 Å². The number of carbonyl (C=O) groups excluding carboxylic acids is 2. The maximum Gasteiger partial charge on any atom is 0.405 e. The summed E-state index contributed by atoms with van der Waals surface area (Å²) >= 11 is 0. The molecule has 5 nitrogen and oxygen atoms in total. The van der Waals surface area contributed by atoms with Crippen molar-refractivity contribution in [2.24, 2.45) is 17.6 Å². The molecule has 0 aromatic rings. The molecule has 2 fully saturated rings. The van der Waals surface area contributed by atoms with Gasteiger partial charge in [0.15, 0.2) is 0 Å². The van der Waals surface area contributed by atoms with Crippen LogP contribution in [0.4, 0.5) is 4.79 Å². The fourth-order valence-corrected chi connectivity index (χ4v) is 3.11. The van der Waals surface area contributed by atoms with Crippen molar-refractivity contribution < 1.29 is 14.3 Å². The summed E-state index contributed by atoms with van der Waals surface area (Å²) in [5.74, 6) is 1.31. The first-order valence-electron chi connectivity index (χ1n) is 7.59. The van der Waals surface area contributed by atoms with Gasteiger partial charge < -0.3 is 10.5 Å². The van der Waals surface area contributed by atoms with E-state index in [0.29, 0.717) is 24.2 Å². The molecular weight excluding hydrogens is 256 g/mol. The molecule has 114 valence electrons. The van der Waals surface area contributed by atoms with Gasteiger partial charge in [-0.3, -0.25) is 9.69 Å². The summed E-state index contributed by atoms with van der Waals surface area (Å²) in [6.45, 7) is 6.37. The zero-order valence-corrected chi connectivity index (χ0v) is 12.6. The first-order valence-corrected chi connectivity index (χ1v) is 7.59. The molecule has 0 radical (unpaired) electrons. The molecule has 0 unspecified atom stereocenters. The van der Waals surface area contributed by atoms with E-state index in [1.54, 1.807) is 0 Å². The minimum Gasteiger partial charge on any atom is -0.444 e. The summed E-state index contributed by atoms with van der Waals surface area (Å²) in [5, 5.41) is 0. The number of ketones is 1. The van der Waals surface area contributed by atoms with Gasteiger partial charge >= 0.3 is 6.09 Å². The zero-order chi connectivity index (χ0) is 14.8. The highest BCUT2D eigenvalue weighted by Crippen LogP contribution is 2.31. The molecule has 0 aromatic heterocycles. The monoisotopic (exact) mass is 282 g/mol. The van der Waals surface area contributed by atoms with E-state index in [2.05, 4.69) is 4.90 Å². The van der Waals surface area contributed by atoms with Gasteiger partial charge in [0.1, 0.15) is 11.4 Å². The molecule has 1 aliphatic heterocycles. The minimum absolute atomic E-state index is 0.357. The molecular formula is C15H26N2O3. The Hall–Kier alpha value is -1.10. The molecule has 1 amide bonds. The minimum atomic E-state index is -0.706. The molecule has 1 aliphatic carbocycles. The van der Waals surface area contributed by atoms with Crippen molar-refractivity contribution in [1.82, 2.24) is 4.90 Å². The number of Topliss-reactive ketones (excluding diaryl/α,β-unsaturated/α-hetero) is 1. The molecule has 2 aliphatic rings. The second kappa shape index (κ2) is 6.12. The molecule has 2 rings (SSSR count). The van der Waals surface area contributed by atoms with Crippen molar-refractivity contribution >= 4 is 11.9 Å². The molecule has 1 saturated carbocycles. The van der Waals surface area contributed by atoms with Crippen LogP contribution in [0.1, 0.15) is 46.0 Å². The van der Waals surface area contributed by atoms with E-state index in [9.17, 15) is 9.59 Å². The van der Waals surface area contributed by atoms with Crippen LogP contribution in [0, 0.1) is 11.8 Å². The fourth-order valence-electron chi connectivity index (χ4n) is 3.11. The molecule has 2 N–H and O–H groups in total. The van der Waals surface area contributed by atoms with E-state index in [1.165, 1.54) is 0 Å². The summed E-state index contributed by atoms with van der Waals surface area (Å²) < 4.78 is 5.14. The number of likely N-dealkylation sites (tertiary alicyclic amines) is 1. The number of ether oxygens (including phenoxy) is 1. The van der Waals surface area contributed by atoms with Gasteiger partial charge in [-0.2, -0.15) is 0 Å². The van der Waals surface area contributed by atoms with Crippen LogP contribution in [0.3, 0.4) is 0 Å². The Balaban J connectivity index is 1.70. The smallest absolute Gasteiger partial charge is 0.405 e. The molecule has 20 heavy (non-hydrogen) atoms. The van der Waals surface area contributed by atoms with Crippen molar-refractivity contribution in [3.8, 4) is 0 Å². The van der Waals surface area contributed by atoms with Crippen molar-refractivity contribution in [1.29, 1.82) is 0 Å². The molecule has 0 bridgehead atoms. The van der Waals surface area contributed by atoms with Crippen LogP contribution in [0.25, 0.3) is 0 Å². The van der Waals surface area contributed by atoms with Crippen molar-refractivity contribution in [3.63, 3.8) is 0 Å². The van der Waals surface area contributed by atoms with Crippen molar-refractivity contribution in [2.45, 2.75) is 51.6 Å². The lowest BCUT2D eigenvalue weighted by Crippen LogP contribution is -2.40. The number of carbonyl (C=O) groups is 2. The average molecular weight is 282 g/mol. The maximum atomic E-state index is 11.8. The molecule has 0 spiro atoms. The van der Waals surface area contributed by atoms with Gasteiger partial charge in [0.2, 0.25) is 0 Å². The number of nitrogens with two attached hydrogens (primary N) is 1. The van der Waals surface area contributed by atoms with E-state index in [4.69, 9.17) is 10.5 Å². The van der Waals surface area contributed by atoms with Gasteiger partial charge in [0.25, 0.3) is 0 Å². The van der Waals surface area contributed by atoms with Crippen LogP contribution in [-0.4, -0.2) is 42.0 Å². The lowest BCUT2D eigenvalue weighted by molar-refractivity contribution is -0.121. The fraction of sp³-hybridized carbons (Fsp3) is 0.867. The van der Waals surface area contributed by atoms with Crippen molar-refractivity contribution in [3.05, 3.63) is 0 Å². The lowest BCUT2D eigenvalue weighted by Gasteiger charge is -2.35. The second-order valence-corrected chi connectivity index (χ2v) is 6.85. The predicted octanol–water partition coefficient (Wildman–Crippen LogP) is 1.94. The molecule has 0 aromatic carbocycles. The van der Waals surface area contributed by atoms with Crippen LogP contribution in [0.5, 0.6) is 0 Å². The number of hydrogen-bond donors (Lipinski definition) is 1. The number of rotatable bonds is 6.